The molecule has 0 bridgehead atoms. The lowest BCUT2D eigenvalue weighted by molar-refractivity contribution is 0.0986. The molecule has 1 N–H and O–H groups in total. The lowest BCUT2D eigenvalue weighted by atomic mass is 10.1. The van der Waals surface area contributed by atoms with E-state index in [1.807, 2.05) is 12.1 Å². The number of halogens is 1. The van der Waals surface area contributed by atoms with E-state index in [0.29, 0.717) is 12.1 Å². The van der Waals surface area contributed by atoms with E-state index >= 15 is 0 Å². The van der Waals surface area contributed by atoms with Gasteiger partial charge in [0.1, 0.15) is 11.6 Å². The van der Waals surface area contributed by atoms with Gasteiger partial charge in [-0.25, -0.2) is 4.39 Å². The summed E-state index contributed by atoms with van der Waals surface area (Å²) < 4.78 is 18.5. The molecule has 0 aliphatic carbocycles. The third-order valence-corrected chi connectivity index (χ3v) is 4.24. The van der Waals surface area contributed by atoms with Gasteiger partial charge < -0.3 is 9.73 Å². The molecule has 5 heteroatoms. The highest BCUT2D eigenvalue weighted by Crippen LogP contribution is 2.24. The highest BCUT2D eigenvalue weighted by atomic mass is 19.1. The standard InChI is InChI=1S/C18H21FN2O2/c19-15-7-5-14(6-8-15)17(22)13-20-12-16(18-4-3-11-23-18)21-9-1-2-10-21/h3-8,11,16,20H,1-2,9-10,12-13H2. The topological polar surface area (TPSA) is 45.5 Å². The number of Topliss-reactive ketones (excluding diaryl/α,β-unsaturated/α-hetero) is 1. The quantitative estimate of drug-likeness (QED) is 0.798. The van der Waals surface area contributed by atoms with Crippen LogP contribution in [-0.4, -0.2) is 36.9 Å². The van der Waals surface area contributed by atoms with Gasteiger partial charge in [-0.1, -0.05) is 0 Å². The summed E-state index contributed by atoms with van der Waals surface area (Å²) in [5.41, 5.74) is 0.523. The Kier molecular flexibility index (Phi) is 5.20. The van der Waals surface area contributed by atoms with Crippen molar-refractivity contribution in [1.29, 1.82) is 0 Å². The van der Waals surface area contributed by atoms with Crippen molar-refractivity contribution in [2.75, 3.05) is 26.2 Å². The SMILES string of the molecule is O=C(CNCC(c1ccco1)N1CCCC1)c1ccc(F)cc1. The zero-order valence-electron chi connectivity index (χ0n) is 13.0. The third kappa shape index (κ3) is 4.06. The van der Waals surface area contributed by atoms with Gasteiger partial charge in [-0.15, -0.1) is 0 Å². The Morgan fingerprint density at radius 3 is 2.61 bits per heavy atom. The number of benzene rings is 1. The molecule has 1 fully saturated rings. The molecule has 2 heterocycles. The van der Waals surface area contributed by atoms with E-state index in [2.05, 4.69) is 10.2 Å². The molecule has 4 nitrogen and oxygen atoms in total. The predicted molar refractivity (Wildman–Crippen MR) is 85.9 cm³/mol. The number of likely N-dealkylation sites (tertiary alicyclic amines) is 1. The van der Waals surface area contributed by atoms with Gasteiger partial charge in [0.05, 0.1) is 18.8 Å². The van der Waals surface area contributed by atoms with Crippen LogP contribution in [0.3, 0.4) is 0 Å². The third-order valence-electron chi connectivity index (χ3n) is 4.24. The first kappa shape index (κ1) is 15.9. The Labute approximate surface area is 135 Å². The lowest BCUT2D eigenvalue weighted by Gasteiger charge is -2.26. The second-order valence-electron chi connectivity index (χ2n) is 5.84. The maximum absolute atomic E-state index is 12.9. The minimum absolute atomic E-state index is 0.0374. The summed E-state index contributed by atoms with van der Waals surface area (Å²) in [7, 11) is 0. The Morgan fingerprint density at radius 2 is 1.96 bits per heavy atom. The van der Waals surface area contributed by atoms with Gasteiger partial charge >= 0.3 is 0 Å². The van der Waals surface area contributed by atoms with Crippen molar-refractivity contribution in [1.82, 2.24) is 10.2 Å². The first-order valence-electron chi connectivity index (χ1n) is 8.01. The predicted octanol–water partition coefficient (Wildman–Crippen LogP) is 3.03. The molecular formula is C18H21FN2O2. The molecule has 1 aliphatic rings. The van der Waals surface area contributed by atoms with Crippen LogP contribution in [0.4, 0.5) is 4.39 Å². The van der Waals surface area contributed by atoms with Crippen LogP contribution in [0.15, 0.2) is 47.1 Å². The molecular weight excluding hydrogens is 295 g/mol. The van der Waals surface area contributed by atoms with Crippen LogP contribution in [-0.2, 0) is 0 Å². The van der Waals surface area contributed by atoms with E-state index in [9.17, 15) is 9.18 Å². The Morgan fingerprint density at radius 1 is 1.22 bits per heavy atom. The molecule has 0 amide bonds. The average molecular weight is 316 g/mol. The maximum Gasteiger partial charge on any atom is 0.176 e. The van der Waals surface area contributed by atoms with E-state index in [-0.39, 0.29) is 24.2 Å². The van der Waals surface area contributed by atoms with Crippen LogP contribution in [0.1, 0.15) is 35.0 Å². The number of hydrogen-bond donors (Lipinski definition) is 1. The Balaban J connectivity index is 1.56. The number of hydrogen-bond acceptors (Lipinski definition) is 4. The molecule has 1 saturated heterocycles. The zero-order valence-corrected chi connectivity index (χ0v) is 13.0. The number of rotatable bonds is 7. The van der Waals surface area contributed by atoms with Crippen LogP contribution in [0.2, 0.25) is 0 Å². The number of furan rings is 1. The van der Waals surface area contributed by atoms with Crippen molar-refractivity contribution in [2.45, 2.75) is 18.9 Å². The van der Waals surface area contributed by atoms with Crippen molar-refractivity contribution >= 4 is 5.78 Å². The number of nitrogens with one attached hydrogen (secondary N) is 1. The summed E-state index contributed by atoms with van der Waals surface area (Å²) in [5, 5.41) is 3.22. The van der Waals surface area contributed by atoms with Crippen molar-refractivity contribution in [2.24, 2.45) is 0 Å². The van der Waals surface area contributed by atoms with E-state index in [1.54, 1.807) is 6.26 Å². The first-order valence-corrected chi connectivity index (χ1v) is 8.01. The lowest BCUT2D eigenvalue weighted by Crippen LogP contribution is -2.36. The minimum Gasteiger partial charge on any atom is -0.468 e. The molecule has 1 aromatic heterocycles. The minimum atomic E-state index is -0.332. The molecule has 1 aliphatic heterocycles. The summed E-state index contributed by atoms with van der Waals surface area (Å²) in [4.78, 5) is 14.5. The summed E-state index contributed by atoms with van der Waals surface area (Å²) in [6.45, 7) is 3.00. The van der Waals surface area contributed by atoms with Gasteiger partial charge in [0, 0.05) is 12.1 Å². The Hall–Kier alpha value is -1.98. The van der Waals surface area contributed by atoms with Crippen molar-refractivity contribution in [3.8, 4) is 0 Å². The highest BCUT2D eigenvalue weighted by Gasteiger charge is 2.25. The number of ketones is 1. The van der Waals surface area contributed by atoms with Gasteiger partial charge in [0.25, 0.3) is 0 Å². The van der Waals surface area contributed by atoms with E-state index < -0.39 is 0 Å². The smallest absolute Gasteiger partial charge is 0.176 e. The number of carbonyl (C=O) groups excluding carboxylic acids is 1. The normalized spacial score (nSPS) is 16.6. The summed E-state index contributed by atoms with van der Waals surface area (Å²) in [6.07, 6.45) is 4.08. The van der Waals surface area contributed by atoms with Gasteiger partial charge in [0.15, 0.2) is 5.78 Å². The fraction of sp³-hybridized carbons (Fsp3) is 0.389. The molecule has 1 aromatic carbocycles. The van der Waals surface area contributed by atoms with Crippen molar-refractivity contribution < 1.29 is 13.6 Å². The summed E-state index contributed by atoms with van der Waals surface area (Å²) >= 11 is 0. The van der Waals surface area contributed by atoms with Crippen LogP contribution in [0, 0.1) is 5.82 Å². The molecule has 2 aromatic rings. The van der Waals surface area contributed by atoms with Crippen molar-refractivity contribution in [3.63, 3.8) is 0 Å². The average Bonchev–Trinajstić information content (AvgIpc) is 3.26. The second kappa shape index (κ2) is 7.53. The summed E-state index contributed by atoms with van der Waals surface area (Å²) in [6, 6.07) is 9.67. The fourth-order valence-corrected chi connectivity index (χ4v) is 3.00. The van der Waals surface area contributed by atoms with Gasteiger partial charge in [-0.3, -0.25) is 9.69 Å². The van der Waals surface area contributed by atoms with Gasteiger partial charge in [-0.05, 0) is 62.3 Å². The van der Waals surface area contributed by atoms with Crippen molar-refractivity contribution in [3.05, 3.63) is 59.8 Å². The highest BCUT2D eigenvalue weighted by molar-refractivity contribution is 5.97. The van der Waals surface area contributed by atoms with E-state index in [1.165, 1.54) is 37.1 Å². The maximum atomic E-state index is 12.9. The molecule has 23 heavy (non-hydrogen) atoms. The molecule has 1 atom stereocenters. The van der Waals surface area contributed by atoms with Crippen LogP contribution in [0.5, 0.6) is 0 Å². The largest absolute Gasteiger partial charge is 0.468 e. The molecule has 0 spiro atoms. The number of carbonyl (C=O) groups is 1. The monoisotopic (exact) mass is 316 g/mol. The zero-order chi connectivity index (χ0) is 16.1. The fourth-order valence-electron chi connectivity index (χ4n) is 3.00. The van der Waals surface area contributed by atoms with Gasteiger partial charge in [0.2, 0.25) is 0 Å². The number of nitrogens with zero attached hydrogens (tertiary/aromatic N) is 1. The Bertz CT molecular complexity index is 619. The molecule has 3 rings (SSSR count). The van der Waals surface area contributed by atoms with Crippen LogP contribution >= 0.6 is 0 Å². The van der Waals surface area contributed by atoms with E-state index in [0.717, 1.165) is 18.8 Å². The summed E-state index contributed by atoms with van der Waals surface area (Å²) in [5.74, 6) is 0.555. The molecule has 0 radical (unpaired) electrons. The van der Waals surface area contributed by atoms with Gasteiger partial charge in [-0.2, -0.15) is 0 Å². The first-order chi connectivity index (χ1) is 11.2. The molecule has 1 unspecified atom stereocenters. The van der Waals surface area contributed by atoms with E-state index in [4.69, 9.17) is 4.42 Å². The molecule has 122 valence electrons. The van der Waals surface area contributed by atoms with Crippen LogP contribution in [0.25, 0.3) is 0 Å². The molecule has 0 saturated carbocycles. The second-order valence-corrected chi connectivity index (χ2v) is 5.84. The van der Waals surface area contributed by atoms with Crippen LogP contribution < -0.4 is 5.32 Å².